The highest BCUT2D eigenvalue weighted by molar-refractivity contribution is 6.46. The van der Waals surface area contributed by atoms with Gasteiger partial charge in [-0.25, -0.2) is 0 Å². The molecule has 0 bridgehead atoms. The lowest BCUT2D eigenvalue weighted by Gasteiger charge is -2.27. The minimum absolute atomic E-state index is 0.0946. The van der Waals surface area contributed by atoms with E-state index in [0.29, 0.717) is 24.3 Å². The van der Waals surface area contributed by atoms with Crippen molar-refractivity contribution in [1.29, 1.82) is 0 Å². The van der Waals surface area contributed by atoms with Crippen LogP contribution in [-0.2, 0) is 14.3 Å². The Morgan fingerprint density at radius 3 is 2.67 bits per heavy atom. The van der Waals surface area contributed by atoms with Gasteiger partial charge < -0.3 is 14.7 Å². The molecular formula is C21H20N2O4. The third kappa shape index (κ3) is 3.24. The number of hydrogen-bond donors (Lipinski definition) is 1. The number of nitrogens with zero attached hydrogens (tertiary/aromatic N) is 2. The lowest BCUT2D eigenvalue weighted by molar-refractivity contribution is -0.140. The molecule has 2 atom stereocenters. The normalized spacial score (nSPS) is 24.5. The number of benzene rings is 1. The van der Waals surface area contributed by atoms with Gasteiger partial charge in [0, 0.05) is 31.1 Å². The number of likely N-dealkylation sites (tertiary alicyclic amines) is 1. The molecule has 1 N–H and O–H groups in total. The molecule has 2 saturated heterocycles. The topological polar surface area (TPSA) is 79.7 Å². The fourth-order valence-electron chi connectivity index (χ4n) is 3.71. The van der Waals surface area contributed by atoms with Crippen molar-refractivity contribution < 1.29 is 19.4 Å². The summed E-state index contributed by atoms with van der Waals surface area (Å²) in [6.07, 6.45) is 4.95. The van der Waals surface area contributed by atoms with E-state index in [1.54, 1.807) is 42.7 Å². The van der Waals surface area contributed by atoms with E-state index >= 15 is 0 Å². The zero-order valence-corrected chi connectivity index (χ0v) is 14.7. The van der Waals surface area contributed by atoms with E-state index in [4.69, 9.17) is 4.74 Å². The molecule has 6 nitrogen and oxygen atoms in total. The summed E-state index contributed by atoms with van der Waals surface area (Å²) in [5.74, 6) is -1.46. The summed E-state index contributed by atoms with van der Waals surface area (Å²) in [7, 11) is 0. The Hall–Kier alpha value is -2.99. The molecule has 1 aromatic carbocycles. The SMILES string of the molecule is O=C1C(=O)N(CC2CCCO2)C(c2cccnc2)/C1=C(/O)c1ccccc1. The summed E-state index contributed by atoms with van der Waals surface area (Å²) in [5.41, 5.74) is 1.28. The molecule has 138 valence electrons. The maximum Gasteiger partial charge on any atom is 0.295 e. The van der Waals surface area contributed by atoms with Crippen LogP contribution in [0.1, 0.15) is 30.0 Å². The molecule has 27 heavy (non-hydrogen) atoms. The minimum atomic E-state index is -0.678. The molecule has 1 aromatic heterocycles. The summed E-state index contributed by atoms with van der Waals surface area (Å²) >= 11 is 0. The Balaban J connectivity index is 1.81. The van der Waals surface area contributed by atoms with Crippen LogP contribution in [0.15, 0.2) is 60.4 Å². The van der Waals surface area contributed by atoms with Crippen LogP contribution in [-0.4, -0.2) is 45.9 Å². The number of pyridine rings is 1. The zero-order chi connectivity index (χ0) is 18.8. The lowest BCUT2D eigenvalue weighted by atomic mass is 9.96. The summed E-state index contributed by atoms with van der Waals surface area (Å²) in [4.78, 5) is 31.2. The van der Waals surface area contributed by atoms with Crippen molar-refractivity contribution in [2.45, 2.75) is 25.0 Å². The van der Waals surface area contributed by atoms with Crippen LogP contribution in [0.4, 0.5) is 0 Å². The summed E-state index contributed by atoms with van der Waals surface area (Å²) in [6.45, 7) is 0.978. The zero-order valence-electron chi connectivity index (χ0n) is 14.7. The van der Waals surface area contributed by atoms with Gasteiger partial charge in [0.05, 0.1) is 17.7 Å². The molecule has 2 unspecified atom stereocenters. The smallest absolute Gasteiger partial charge is 0.295 e. The molecular weight excluding hydrogens is 344 g/mol. The van der Waals surface area contributed by atoms with Crippen molar-refractivity contribution in [2.24, 2.45) is 0 Å². The third-order valence-electron chi connectivity index (χ3n) is 5.01. The summed E-state index contributed by atoms with van der Waals surface area (Å²) in [6, 6.07) is 11.7. The Morgan fingerprint density at radius 1 is 1.19 bits per heavy atom. The molecule has 2 aliphatic rings. The van der Waals surface area contributed by atoms with Crippen LogP contribution >= 0.6 is 0 Å². The number of ether oxygens (including phenoxy) is 1. The van der Waals surface area contributed by atoms with Crippen molar-refractivity contribution >= 4 is 17.4 Å². The molecule has 2 fully saturated rings. The van der Waals surface area contributed by atoms with Gasteiger partial charge in [-0.1, -0.05) is 36.4 Å². The average molecular weight is 364 g/mol. The number of ketones is 1. The summed E-state index contributed by atoms with van der Waals surface area (Å²) < 4.78 is 5.66. The molecule has 0 saturated carbocycles. The van der Waals surface area contributed by atoms with E-state index in [-0.39, 0.29) is 17.4 Å². The van der Waals surface area contributed by atoms with Gasteiger partial charge in [-0.2, -0.15) is 0 Å². The molecule has 1 amide bonds. The standard InChI is InChI=1S/C21H20N2O4/c24-19(14-6-2-1-3-7-14)17-18(15-8-4-10-22-12-15)23(21(26)20(17)25)13-16-9-5-11-27-16/h1-4,6-8,10,12,16,18,24H,5,9,11,13H2/b19-17-. The van der Waals surface area contributed by atoms with Gasteiger partial charge in [0.2, 0.25) is 0 Å². The van der Waals surface area contributed by atoms with E-state index < -0.39 is 17.7 Å². The van der Waals surface area contributed by atoms with Crippen molar-refractivity contribution in [3.05, 3.63) is 71.6 Å². The first-order valence-electron chi connectivity index (χ1n) is 9.02. The second-order valence-corrected chi connectivity index (χ2v) is 6.74. The van der Waals surface area contributed by atoms with Crippen LogP contribution in [0.3, 0.4) is 0 Å². The first-order valence-corrected chi connectivity index (χ1v) is 9.02. The van der Waals surface area contributed by atoms with Gasteiger partial charge in [-0.3, -0.25) is 14.6 Å². The average Bonchev–Trinajstić information content (AvgIpc) is 3.31. The molecule has 0 spiro atoms. The van der Waals surface area contributed by atoms with Crippen LogP contribution < -0.4 is 0 Å². The van der Waals surface area contributed by atoms with Crippen molar-refractivity contribution in [3.63, 3.8) is 0 Å². The van der Waals surface area contributed by atoms with Gasteiger partial charge in [0.15, 0.2) is 0 Å². The number of rotatable bonds is 4. The quantitative estimate of drug-likeness (QED) is 0.513. The number of carbonyl (C=O) groups excluding carboxylic acids is 2. The third-order valence-corrected chi connectivity index (χ3v) is 5.01. The number of Topliss-reactive ketones (excluding diaryl/α,β-unsaturated/α-hetero) is 1. The number of aromatic nitrogens is 1. The van der Waals surface area contributed by atoms with Gasteiger partial charge in [0.25, 0.3) is 11.7 Å². The molecule has 2 aliphatic heterocycles. The Morgan fingerprint density at radius 2 is 2.00 bits per heavy atom. The monoisotopic (exact) mass is 364 g/mol. The van der Waals surface area contributed by atoms with Crippen molar-refractivity contribution in [3.8, 4) is 0 Å². The van der Waals surface area contributed by atoms with Gasteiger partial charge >= 0.3 is 0 Å². The van der Waals surface area contributed by atoms with Crippen LogP contribution in [0.2, 0.25) is 0 Å². The van der Waals surface area contributed by atoms with E-state index in [1.807, 2.05) is 12.1 Å². The Bertz CT molecular complexity index is 874. The molecule has 3 heterocycles. The highest BCUT2D eigenvalue weighted by Crippen LogP contribution is 2.39. The Labute approximate surface area is 157 Å². The largest absolute Gasteiger partial charge is 0.507 e. The fourth-order valence-corrected chi connectivity index (χ4v) is 3.71. The second-order valence-electron chi connectivity index (χ2n) is 6.74. The number of aliphatic hydroxyl groups excluding tert-OH is 1. The summed E-state index contributed by atoms with van der Waals surface area (Å²) in [5, 5.41) is 10.8. The maximum atomic E-state index is 12.8. The van der Waals surface area contributed by atoms with Gasteiger partial charge in [-0.05, 0) is 24.5 Å². The predicted molar refractivity (Wildman–Crippen MR) is 98.7 cm³/mol. The van der Waals surface area contributed by atoms with Gasteiger partial charge in [0.1, 0.15) is 5.76 Å². The minimum Gasteiger partial charge on any atom is -0.507 e. The number of carbonyl (C=O) groups is 2. The molecule has 2 aromatic rings. The lowest BCUT2D eigenvalue weighted by Crippen LogP contribution is -2.36. The number of aliphatic hydroxyl groups is 1. The van der Waals surface area contributed by atoms with Gasteiger partial charge in [-0.15, -0.1) is 0 Å². The molecule has 4 rings (SSSR count). The predicted octanol–water partition coefficient (Wildman–Crippen LogP) is 2.68. The molecule has 0 aliphatic carbocycles. The fraction of sp³-hybridized carbons (Fsp3) is 0.286. The highest BCUT2D eigenvalue weighted by Gasteiger charge is 2.47. The number of hydrogen-bond acceptors (Lipinski definition) is 5. The van der Waals surface area contributed by atoms with Crippen LogP contribution in [0.5, 0.6) is 0 Å². The van der Waals surface area contributed by atoms with E-state index in [9.17, 15) is 14.7 Å². The highest BCUT2D eigenvalue weighted by atomic mass is 16.5. The maximum absolute atomic E-state index is 12.8. The van der Waals surface area contributed by atoms with Crippen molar-refractivity contribution in [2.75, 3.05) is 13.2 Å². The molecule has 6 heteroatoms. The first kappa shape index (κ1) is 17.4. The second kappa shape index (κ2) is 7.32. The molecule has 0 radical (unpaired) electrons. The first-order chi connectivity index (χ1) is 13.2. The number of amides is 1. The van der Waals surface area contributed by atoms with E-state index in [0.717, 1.165) is 12.8 Å². The van der Waals surface area contributed by atoms with E-state index in [2.05, 4.69) is 4.98 Å². The van der Waals surface area contributed by atoms with Crippen molar-refractivity contribution in [1.82, 2.24) is 9.88 Å². The van der Waals surface area contributed by atoms with Crippen LogP contribution in [0.25, 0.3) is 5.76 Å². The van der Waals surface area contributed by atoms with E-state index in [1.165, 1.54) is 4.90 Å². The van der Waals surface area contributed by atoms with Crippen LogP contribution in [0, 0.1) is 0 Å². The Kier molecular flexibility index (Phi) is 4.73.